The number of benzene rings is 1. The van der Waals surface area contributed by atoms with Crippen molar-refractivity contribution in [3.63, 3.8) is 0 Å². The molecule has 1 aromatic carbocycles. The van der Waals surface area contributed by atoms with E-state index in [9.17, 15) is 4.79 Å². The van der Waals surface area contributed by atoms with Gasteiger partial charge in [0.25, 0.3) is 5.91 Å². The van der Waals surface area contributed by atoms with E-state index in [2.05, 4.69) is 30.7 Å². The van der Waals surface area contributed by atoms with Crippen LogP contribution < -0.4 is 10.6 Å². The molecule has 9 nitrogen and oxygen atoms in total. The molecular weight excluding hydrogens is 430 g/mol. The zero-order valence-corrected chi connectivity index (χ0v) is 18.6. The molecule has 10 heteroatoms. The Morgan fingerprint density at radius 1 is 1.12 bits per heavy atom. The van der Waals surface area contributed by atoms with E-state index in [0.717, 1.165) is 11.4 Å². The van der Waals surface area contributed by atoms with E-state index in [1.807, 2.05) is 36.6 Å². The van der Waals surface area contributed by atoms with Crippen LogP contribution in [0.3, 0.4) is 0 Å². The smallest absolute Gasteiger partial charge is 0.257 e. The van der Waals surface area contributed by atoms with E-state index in [0.29, 0.717) is 52.3 Å². The normalized spacial score (nSPS) is 10.9. The molecule has 0 aliphatic heterocycles. The van der Waals surface area contributed by atoms with Crippen LogP contribution in [0.5, 0.6) is 0 Å². The topological polar surface area (TPSA) is 111 Å². The molecule has 0 saturated heterocycles. The van der Waals surface area contributed by atoms with Gasteiger partial charge in [-0.15, -0.1) is 0 Å². The Morgan fingerprint density at radius 3 is 2.69 bits per heavy atom. The van der Waals surface area contributed by atoms with E-state index in [4.69, 9.17) is 16.1 Å². The molecule has 2 N–H and O–H groups in total. The third kappa shape index (κ3) is 4.33. The number of amides is 1. The first-order valence-corrected chi connectivity index (χ1v) is 10.4. The number of imidazole rings is 1. The molecule has 0 unspecified atom stereocenters. The highest BCUT2D eigenvalue weighted by Crippen LogP contribution is 2.30. The van der Waals surface area contributed by atoms with E-state index in [-0.39, 0.29) is 5.91 Å². The monoisotopic (exact) mass is 451 g/mol. The first-order chi connectivity index (χ1) is 15.5. The van der Waals surface area contributed by atoms with Gasteiger partial charge in [-0.2, -0.15) is 0 Å². The highest BCUT2D eigenvalue weighted by atomic mass is 35.5. The fourth-order valence-electron chi connectivity index (χ4n) is 3.24. The van der Waals surface area contributed by atoms with Gasteiger partial charge in [-0.25, -0.2) is 15.0 Å². The molecule has 0 fully saturated rings. The predicted octanol–water partition coefficient (Wildman–Crippen LogP) is 3.74. The van der Waals surface area contributed by atoms with Gasteiger partial charge in [0, 0.05) is 30.4 Å². The van der Waals surface area contributed by atoms with Crippen molar-refractivity contribution in [2.24, 2.45) is 0 Å². The van der Waals surface area contributed by atoms with E-state index in [1.54, 1.807) is 25.4 Å². The fraction of sp³-hybridized carbons (Fsp3) is 0.227. The minimum absolute atomic E-state index is 0.284. The van der Waals surface area contributed by atoms with Crippen molar-refractivity contribution in [2.75, 3.05) is 18.4 Å². The number of hydrogen-bond acceptors (Lipinski definition) is 7. The molecule has 1 amide bonds. The number of hydrogen-bond donors (Lipinski definition) is 2. The first-order valence-electron chi connectivity index (χ1n) is 10.0. The summed E-state index contributed by atoms with van der Waals surface area (Å²) in [4.78, 5) is 25.6. The average molecular weight is 452 g/mol. The second-order valence-electron chi connectivity index (χ2n) is 7.17. The molecule has 0 aliphatic rings. The van der Waals surface area contributed by atoms with Gasteiger partial charge in [0.05, 0.1) is 10.7 Å². The van der Waals surface area contributed by atoms with Gasteiger partial charge >= 0.3 is 0 Å². The standard InChI is InChI=1S/C22H22ClN7O2/c1-13-14(2)30(12-28-13)19-10-18(26-11-27-19)24-8-9-25-22(31)20-15(3)32-29-21(20)16-6-4-5-7-17(16)23/h4-7,10-12H,8-9H2,1-3H3,(H,25,31)(H,24,26,27). The second-order valence-corrected chi connectivity index (χ2v) is 7.58. The number of carbonyl (C=O) groups is 1. The third-order valence-electron chi connectivity index (χ3n) is 5.09. The van der Waals surface area contributed by atoms with Crippen molar-refractivity contribution < 1.29 is 9.32 Å². The maximum absolute atomic E-state index is 12.8. The molecule has 3 aromatic heterocycles. The lowest BCUT2D eigenvalue weighted by Crippen LogP contribution is -2.29. The van der Waals surface area contributed by atoms with Gasteiger partial charge in [0.1, 0.15) is 41.3 Å². The lowest BCUT2D eigenvalue weighted by atomic mass is 10.1. The number of aryl methyl sites for hydroxylation is 2. The number of carbonyl (C=O) groups excluding carboxylic acids is 1. The number of rotatable bonds is 7. The van der Waals surface area contributed by atoms with Crippen molar-refractivity contribution in [1.29, 1.82) is 0 Å². The van der Waals surface area contributed by atoms with Crippen LogP contribution in [0.4, 0.5) is 5.82 Å². The SMILES string of the molecule is Cc1ncn(-c2cc(NCCNC(=O)c3c(-c4ccccc4Cl)noc3C)ncn2)c1C. The van der Waals surface area contributed by atoms with Crippen LogP contribution in [-0.4, -0.2) is 43.7 Å². The molecule has 0 saturated carbocycles. The molecular formula is C22H22ClN7O2. The maximum atomic E-state index is 12.8. The molecule has 0 aliphatic carbocycles. The quantitative estimate of drug-likeness (QED) is 0.412. The van der Waals surface area contributed by atoms with Crippen LogP contribution in [-0.2, 0) is 0 Å². The summed E-state index contributed by atoms with van der Waals surface area (Å²) >= 11 is 6.27. The molecule has 4 rings (SSSR count). The number of anilines is 1. The molecule has 0 bridgehead atoms. The molecule has 0 radical (unpaired) electrons. The number of nitrogens with one attached hydrogen (secondary N) is 2. The van der Waals surface area contributed by atoms with Crippen molar-refractivity contribution in [2.45, 2.75) is 20.8 Å². The van der Waals surface area contributed by atoms with Crippen molar-refractivity contribution in [3.05, 3.63) is 70.7 Å². The summed E-state index contributed by atoms with van der Waals surface area (Å²) in [6.45, 7) is 6.46. The summed E-state index contributed by atoms with van der Waals surface area (Å²) in [5.41, 5.74) is 3.40. The van der Waals surface area contributed by atoms with Gasteiger partial charge in [0.2, 0.25) is 0 Å². The Bertz CT molecular complexity index is 1260. The minimum atomic E-state index is -0.284. The number of aromatic nitrogens is 5. The largest absolute Gasteiger partial charge is 0.368 e. The van der Waals surface area contributed by atoms with Gasteiger partial charge in [-0.1, -0.05) is 35.0 Å². The van der Waals surface area contributed by atoms with Crippen molar-refractivity contribution in [3.8, 4) is 17.1 Å². The lowest BCUT2D eigenvalue weighted by molar-refractivity contribution is 0.0954. The van der Waals surface area contributed by atoms with Gasteiger partial charge in [-0.05, 0) is 26.8 Å². The molecule has 0 spiro atoms. The van der Waals surface area contributed by atoms with Crippen LogP contribution in [0, 0.1) is 20.8 Å². The lowest BCUT2D eigenvalue weighted by Gasteiger charge is -2.10. The van der Waals surface area contributed by atoms with Crippen LogP contribution in [0.15, 0.2) is 47.5 Å². The van der Waals surface area contributed by atoms with Crippen LogP contribution in [0.25, 0.3) is 17.1 Å². The highest BCUT2D eigenvalue weighted by Gasteiger charge is 2.22. The van der Waals surface area contributed by atoms with E-state index < -0.39 is 0 Å². The highest BCUT2D eigenvalue weighted by molar-refractivity contribution is 6.33. The van der Waals surface area contributed by atoms with Gasteiger partial charge < -0.3 is 15.2 Å². The summed E-state index contributed by atoms with van der Waals surface area (Å²) in [6, 6.07) is 9.02. The van der Waals surface area contributed by atoms with Gasteiger partial charge in [-0.3, -0.25) is 9.36 Å². The fourth-order valence-corrected chi connectivity index (χ4v) is 3.46. The summed E-state index contributed by atoms with van der Waals surface area (Å²) < 4.78 is 7.16. The Balaban J connectivity index is 1.39. The van der Waals surface area contributed by atoms with Crippen LogP contribution >= 0.6 is 11.6 Å². The summed E-state index contributed by atoms with van der Waals surface area (Å²) in [5.74, 6) is 1.51. The summed E-state index contributed by atoms with van der Waals surface area (Å²) in [5, 5.41) is 10.6. The molecule has 0 atom stereocenters. The second kappa shape index (κ2) is 9.19. The first kappa shape index (κ1) is 21.5. The Hall–Kier alpha value is -3.72. The van der Waals surface area contributed by atoms with Crippen LogP contribution in [0.2, 0.25) is 5.02 Å². The molecule has 4 aromatic rings. The molecule has 164 valence electrons. The summed E-state index contributed by atoms with van der Waals surface area (Å²) in [6.07, 6.45) is 3.22. The maximum Gasteiger partial charge on any atom is 0.257 e. The summed E-state index contributed by atoms with van der Waals surface area (Å²) in [7, 11) is 0. The minimum Gasteiger partial charge on any atom is -0.368 e. The van der Waals surface area contributed by atoms with Crippen molar-refractivity contribution in [1.82, 2.24) is 30.0 Å². The van der Waals surface area contributed by atoms with E-state index in [1.165, 1.54) is 6.33 Å². The molecule has 3 heterocycles. The number of halogens is 1. The van der Waals surface area contributed by atoms with Crippen LogP contribution in [0.1, 0.15) is 27.5 Å². The Morgan fingerprint density at radius 2 is 1.94 bits per heavy atom. The van der Waals surface area contributed by atoms with Gasteiger partial charge in [0.15, 0.2) is 0 Å². The zero-order chi connectivity index (χ0) is 22.7. The molecule has 32 heavy (non-hydrogen) atoms. The predicted molar refractivity (Wildman–Crippen MR) is 121 cm³/mol. The zero-order valence-electron chi connectivity index (χ0n) is 17.9. The Kier molecular flexibility index (Phi) is 6.18. The van der Waals surface area contributed by atoms with Crippen molar-refractivity contribution >= 4 is 23.3 Å². The average Bonchev–Trinajstić information content (AvgIpc) is 3.34. The number of nitrogens with zero attached hydrogens (tertiary/aromatic N) is 5. The third-order valence-corrected chi connectivity index (χ3v) is 5.42. The van der Waals surface area contributed by atoms with E-state index >= 15 is 0 Å². The Labute approximate surface area is 189 Å².